The van der Waals surface area contributed by atoms with Crippen LogP contribution in [0.2, 0.25) is 0 Å². The molecule has 0 saturated carbocycles. The minimum atomic E-state index is -0.288. The Hall–Kier alpha value is -1.85. The van der Waals surface area contributed by atoms with Crippen molar-refractivity contribution in [3.63, 3.8) is 0 Å². The Morgan fingerprint density at radius 3 is 2.63 bits per heavy atom. The minimum absolute atomic E-state index is 0.0776. The molecule has 1 N–H and O–H groups in total. The number of amides is 1. The van der Waals surface area contributed by atoms with Crippen molar-refractivity contribution in [3.05, 3.63) is 22.1 Å². The van der Waals surface area contributed by atoms with E-state index in [-0.39, 0.29) is 30.1 Å². The molecule has 6 nitrogen and oxygen atoms in total. The first-order chi connectivity index (χ1) is 9.01. The molecule has 0 atom stereocenters. The molecule has 0 unspecified atom stereocenters. The number of methoxy groups -OCH3 is 1. The summed E-state index contributed by atoms with van der Waals surface area (Å²) in [5, 5.41) is 2.88. The minimum Gasteiger partial charge on any atom is -0.468 e. The van der Waals surface area contributed by atoms with E-state index in [1.807, 2.05) is 13.8 Å². The van der Waals surface area contributed by atoms with Crippen LogP contribution < -0.4 is 15.6 Å². The molecule has 0 aliphatic rings. The first-order valence-corrected chi connectivity index (χ1v) is 6.43. The maximum atomic E-state index is 11.9. The molecule has 1 amide bonds. The number of nitrogens with one attached hydrogen (secondary N) is 1. The monoisotopic (exact) mass is 267 g/mol. The second-order valence-corrected chi connectivity index (χ2v) is 4.39. The van der Waals surface area contributed by atoms with Crippen molar-refractivity contribution in [1.82, 2.24) is 14.9 Å². The van der Waals surface area contributed by atoms with Gasteiger partial charge in [-0.15, -0.1) is 0 Å². The summed E-state index contributed by atoms with van der Waals surface area (Å²) in [7, 11) is 1.43. The molecule has 1 heterocycles. The Labute approximate surface area is 112 Å². The van der Waals surface area contributed by atoms with E-state index in [2.05, 4.69) is 10.3 Å². The van der Waals surface area contributed by atoms with Crippen LogP contribution >= 0.6 is 0 Å². The van der Waals surface area contributed by atoms with E-state index < -0.39 is 0 Å². The standard InChI is InChI=1S/C13H21N3O3/c1-5-10(6-2)15-11(17)8-16-12(18)7-9(3)14-13(16)19-4/h7,10H,5-6,8H2,1-4H3,(H,15,17). The van der Waals surface area contributed by atoms with Crippen molar-refractivity contribution in [2.24, 2.45) is 0 Å². The average molecular weight is 267 g/mol. The Morgan fingerprint density at radius 1 is 1.47 bits per heavy atom. The number of nitrogens with zero attached hydrogens (tertiary/aromatic N) is 2. The van der Waals surface area contributed by atoms with Gasteiger partial charge in [-0.2, -0.15) is 0 Å². The molecular weight excluding hydrogens is 246 g/mol. The fourth-order valence-corrected chi connectivity index (χ4v) is 1.81. The van der Waals surface area contributed by atoms with Gasteiger partial charge in [-0.3, -0.25) is 14.2 Å². The van der Waals surface area contributed by atoms with Crippen molar-refractivity contribution >= 4 is 5.91 Å². The number of hydrogen-bond donors (Lipinski definition) is 1. The molecule has 0 fully saturated rings. The van der Waals surface area contributed by atoms with Crippen LogP contribution in [0.3, 0.4) is 0 Å². The highest BCUT2D eigenvalue weighted by Crippen LogP contribution is 2.04. The number of ether oxygens (including phenoxy) is 1. The largest absolute Gasteiger partial charge is 0.468 e. The number of aromatic nitrogens is 2. The van der Waals surface area contributed by atoms with Crippen molar-refractivity contribution in [2.45, 2.75) is 46.2 Å². The topological polar surface area (TPSA) is 73.2 Å². The van der Waals surface area contributed by atoms with Crippen LogP contribution in [0.15, 0.2) is 10.9 Å². The van der Waals surface area contributed by atoms with Crippen molar-refractivity contribution in [1.29, 1.82) is 0 Å². The van der Waals surface area contributed by atoms with Gasteiger partial charge in [0, 0.05) is 17.8 Å². The third kappa shape index (κ3) is 4.08. The molecule has 1 aromatic heterocycles. The van der Waals surface area contributed by atoms with Crippen LogP contribution in [0.25, 0.3) is 0 Å². The normalized spacial score (nSPS) is 10.6. The van der Waals surface area contributed by atoms with E-state index >= 15 is 0 Å². The van der Waals surface area contributed by atoms with Gasteiger partial charge in [0.05, 0.1) is 7.11 Å². The Bertz CT molecular complexity index is 492. The predicted molar refractivity (Wildman–Crippen MR) is 72.3 cm³/mol. The summed E-state index contributed by atoms with van der Waals surface area (Å²) >= 11 is 0. The summed E-state index contributed by atoms with van der Waals surface area (Å²) in [6.45, 7) is 5.65. The van der Waals surface area contributed by atoms with E-state index in [0.29, 0.717) is 5.69 Å². The number of carbonyl (C=O) groups excluding carboxylic acids is 1. The molecule has 0 saturated heterocycles. The first kappa shape index (κ1) is 15.2. The van der Waals surface area contributed by atoms with E-state index in [1.165, 1.54) is 17.7 Å². The predicted octanol–water partition coefficient (Wildman–Crippen LogP) is 0.865. The van der Waals surface area contributed by atoms with Crippen LogP contribution in [0, 0.1) is 6.92 Å². The number of hydrogen-bond acceptors (Lipinski definition) is 4. The third-order valence-electron chi connectivity index (χ3n) is 2.94. The molecule has 1 aromatic rings. The van der Waals surface area contributed by atoms with Crippen LogP contribution in [-0.2, 0) is 11.3 Å². The van der Waals surface area contributed by atoms with E-state index in [9.17, 15) is 9.59 Å². The zero-order valence-electron chi connectivity index (χ0n) is 11.9. The Morgan fingerprint density at radius 2 is 2.11 bits per heavy atom. The third-order valence-corrected chi connectivity index (χ3v) is 2.94. The highest BCUT2D eigenvalue weighted by atomic mass is 16.5. The quantitative estimate of drug-likeness (QED) is 0.830. The van der Waals surface area contributed by atoms with Gasteiger partial charge in [-0.1, -0.05) is 13.8 Å². The summed E-state index contributed by atoms with van der Waals surface area (Å²) in [5.74, 6) is -0.209. The molecule has 0 bridgehead atoms. The van der Waals surface area contributed by atoms with E-state index in [4.69, 9.17) is 4.74 Å². The molecule has 0 spiro atoms. The smallest absolute Gasteiger partial charge is 0.299 e. The summed E-state index contributed by atoms with van der Waals surface area (Å²) in [4.78, 5) is 27.8. The second kappa shape index (κ2) is 6.92. The fourth-order valence-electron chi connectivity index (χ4n) is 1.81. The lowest BCUT2D eigenvalue weighted by molar-refractivity contribution is -0.122. The summed E-state index contributed by atoms with van der Waals surface area (Å²) in [5.41, 5.74) is 0.280. The van der Waals surface area contributed by atoms with Crippen molar-refractivity contribution in [2.75, 3.05) is 7.11 Å². The molecular formula is C13H21N3O3. The maximum absolute atomic E-state index is 11.9. The van der Waals surface area contributed by atoms with E-state index in [0.717, 1.165) is 12.8 Å². The molecule has 6 heteroatoms. The van der Waals surface area contributed by atoms with Crippen molar-refractivity contribution < 1.29 is 9.53 Å². The van der Waals surface area contributed by atoms with Gasteiger partial charge in [0.1, 0.15) is 6.54 Å². The molecule has 0 aliphatic carbocycles. The highest BCUT2D eigenvalue weighted by molar-refractivity contribution is 5.76. The molecule has 1 rings (SSSR count). The highest BCUT2D eigenvalue weighted by Gasteiger charge is 2.13. The SMILES string of the molecule is CCC(CC)NC(=O)Cn1c(OC)nc(C)cc1=O. The van der Waals surface area contributed by atoms with Gasteiger partial charge in [0.25, 0.3) is 11.6 Å². The number of carbonyl (C=O) groups is 1. The lowest BCUT2D eigenvalue weighted by Crippen LogP contribution is -2.38. The molecule has 0 radical (unpaired) electrons. The van der Waals surface area contributed by atoms with E-state index in [1.54, 1.807) is 6.92 Å². The summed E-state index contributed by atoms with van der Waals surface area (Å²) in [6.07, 6.45) is 1.72. The van der Waals surface area contributed by atoms with Gasteiger partial charge in [-0.25, -0.2) is 4.98 Å². The average Bonchev–Trinajstić information content (AvgIpc) is 2.38. The van der Waals surface area contributed by atoms with Crippen LogP contribution in [0.5, 0.6) is 6.01 Å². The Kier molecular flexibility index (Phi) is 5.54. The maximum Gasteiger partial charge on any atom is 0.299 e. The molecule has 0 aromatic carbocycles. The summed E-state index contributed by atoms with van der Waals surface area (Å²) in [6, 6.07) is 1.67. The lowest BCUT2D eigenvalue weighted by atomic mass is 10.2. The summed E-state index contributed by atoms with van der Waals surface area (Å²) < 4.78 is 6.26. The molecule has 106 valence electrons. The van der Waals surface area contributed by atoms with Crippen molar-refractivity contribution in [3.8, 4) is 6.01 Å². The molecule has 0 aliphatic heterocycles. The first-order valence-electron chi connectivity index (χ1n) is 6.43. The number of rotatable bonds is 6. The Balaban J connectivity index is 2.87. The van der Waals surface area contributed by atoms with Crippen LogP contribution in [-0.4, -0.2) is 28.6 Å². The van der Waals surface area contributed by atoms with Gasteiger partial charge < -0.3 is 10.1 Å². The van der Waals surface area contributed by atoms with Crippen LogP contribution in [0.1, 0.15) is 32.4 Å². The zero-order chi connectivity index (χ0) is 14.4. The van der Waals surface area contributed by atoms with Gasteiger partial charge in [0.15, 0.2) is 0 Å². The fraction of sp³-hybridized carbons (Fsp3) is 0.615. The number of aryl methyl sites for hydroxylation is 1. The zero-order valence-corrected chi connectivity index (χ0v) is 11.9. The second-order valence-electron chi connectivity index (χ2n) is 4.39. The van der Waals surface area contributed by atoms with Gasteiger partial charge in [-0.05, 0) is 19.8 Å². The molecule has 19 heavy (non-hydrogen) atoms. The van der Waals surface area contributed by atoms with Gasteiger partial charge in [0.2, 0.25) is 5.91 Å². The van der Waals surface area contributed by atoms with Crippen LogP contribution in [0.4, 0.5) is 0 Å². The lowest BCUT2D eigenvalue weighted by Gasteiger charge is -2.16. The van der Waals surface area contributed by atoms with Gasteiger partial charge >= 0.3 is 0 Å².